The van der Waals surface area contributed by atoms with Crippen LogP contribution in [-0.2, 0) is 0 Å². The van der Waals surface area contributed by atoms with E-state index in [9.17, 15) is 0 Å². The summed E-state index contributed by atoms with van der Waals surface area (Å²) in [5.74, 6) is 0. The fourth-order valence-corrected chi connectivity index (χ4v) is 8.11. The van der Waals surface area contributed by atoms with Gasteiger partial charge in [0.25, 0.3) is 0 Å². The summed E-state index contributed by atoms with van der Waals surface area (Å²) in [7, 11) is 0. The number of fused-ring (bicyclic) bond motifs is 4. The van der Waals surface area contributed by atoms with Crippen LogP contribution in [0.4, 0.5) is 17.1 Å². The Bertz CT molecular complexity index is 2910. The number of hydrogen-bond acceptors (Lipinski definition) is 1. The molecule has 0 bridgehead atoms. The van der Waals surface area contributed by atoms with Crippen molar-refractivity contribution in [2.24, 2.45) is 0 Å². The molecular formula is C52H36N2. The van der Waals surface area contributed by atoms with Crippen LogP contribution < -0.4 is 4.90 Å². The third kappa shape index (κ3) is 5.44. The molecule has 0 aliphatic heterocycles. The van der Waals surface area contributed by atoms with E-state index in [0.717, 1.165) is 17.1 Å². The number of anilines is 3. The van der Waals surface area contributed by atoms with E-state index in [-0.39, 0.29) is 0 Å². The molecule has 0 aliphatic carbocycles. The summed E-state index contributed by atoms with van der Waals surface area (Å²) in [4.78, 5) is 2.38. The zero-order valence-corrected chi connectivity index (χ0v) is 29.7. The van der Waals surface area contributed by atoms with Crippen molar-refractivity contribution in [2.75, 3.05) is 4.90 Å². The van der Waals surface area contributed by atoms with E-state index in [0.29, 0.717) is 0 Å². The Morgan fingerprint density at radius 3 is 1.59 bits per heavy atom. The highest BCUT2D eigenvalue weighted by atomic mass is 15.1. The lowest BCUT2D eigenvalue weighted by Gasteiger charge is -2.28. The lowest BCUT2D eigenvalue weighted by atomic mass is 9.91. The summed E-state index contributed by atoms with van der Waals surface area (Å²) in [5.41, 5.74) is 14.2. The number of benzene rings is 9. The van der Waals surface area contributed by atoms with Crippen molar-refractivity contribution in [3.63, 3.8) is 0 Å². The van der Waals surface area contributed by atoms with Crippen LogP contribution in [-0.4, -0.2) is 4.57 Å². The first-order chi connectivity index (χ1) is 26.8. The van der Waals surface area contributed by atoms with Crippen molar-refractivity contribution in [2.45, 2.75) is 0 Å². The molecule has 254 valence electrons. The maximum atomic E-state index is 2.38. The predicted molar refractivity (Wildman–Crippen MR) is 229 cm³/mol. The second-order valence-corrected chi connectivity index (χ2v) is 13.7. The highest BCUT2D eigenvalue weighted by Gasteiger charge is 2.19. The van der Waals surface area contributed by atoms with Gasteiger partial charge < -0.3 is 9.47 Å². The van der Waals surface area contributed by atoms with Crippen molar-refractivity contribution in [3.05, 3.63) is 218 Å². The summed E-state index contributed by atoms with van der Waals surface area (Å²) in [6.07, 6.45) is 0. The molecule has 9 aromatic carbocycles. The average Bonchev–Trinajstić information content (AvgIpc) is 3.59. The minimum absolute atomic E-state index is 1.10. The van der Waals surface area contributed by atoms with Gasteiger partial charge in [-0.05, 0) is 99.3 Å². The van der Waals surface area contributed by atoms with Crippen LogP contribution in [0, 0.1) is 0 Å². The topological polar surface area (TPSA) is 8.17 Å². The lowest BCUT2D eigenvalue weighted by Crippen LogP contribution is -2.11. The van der Waals surface area contributed by atoms with E-state index < -0.39 is 0 Å². The zero-order valence-electron chi connectivity index (χ0n) is 29.7. The highest BCUT2D eigenvalue weighted by Crippen LogP contribution is 2.44. The molecule has 1 aromatic heterocycles. The Labute approximate surface area is 315 Å². The van der Waals surface area contributed by atoms with Gasteiger partial charge in [-0.2, -0.15) is 0 Å². The molecule has 0 N–H and O–H groups in total. The van der Waals surface area contributed by atoms with Crippen molar-refractivity contribution in [3.8, 4) is 39.1 Å². The van der Waals surface area contributed by atoms with Crippen LogP contribution in [0.25, 0.3) is 71.6 Å². The monoisotopic (exact) mass is 688 g/mol. The molecular weight excluding hydrogens is 653 g/mol. The quantitative estimate of drug-likeness (QED) is 0.162. The van der Waals surface area contributed by atoms with Gasteiger partial charge in [-0.3, -0.25) is 0 Å². The number of rotatable bonds is 7. The van der Waals surface area contributed by atoms with Crippen molar-refractivity contribution < 1.29 is 0 Å². The van der Waals surface area contributed by atoms with E-state index in [1.165, 1.54) is 71.6 Å². The second kappa shape index (κ2) is 13.4. The molecule has 2 heteroatoms. The molecule has 1 heterocycles. The largest absolute Gasteiger partial charge is 0.310 e. The lowest BCUT2D eigenvalue weighted by molar-refractivity contribution is 1.18. The minimum atomic E-state index is 1.10. The Balaban J connectivity index is 1.08. The smallest absolute Gasteiger partial charge is 0.0541 e. The van der Waals surface area contributed by atoms with Crippen LogP contribution in [0.3, 0.4) is 0 Å². The van der Waals surface area contributed by atoms with Gasteiger partial charge in [-0.15, -0.1) is 0 Å². The molecule has 10 rings (SSSR count). The molecule has 0 fully saturated rings. The van der Waals surface area contributed by atoms with E-state index in [4.69, 9.17) is 0 Å². The maximum absolute atomic E-state index is 2.38. The summed E-state index contributed by atoms with van der Waals surface area (Å²) in [6, 6.07) is 78.8. The molecule has 0 saturated carbocycles. The average molecular weight is 689 g/mol. The van der Waals surface area contributed by atoms with E-state index in [1.54, 1.807) is 0 Å². The molecule has 0 unspecified atom stereocenters. The number of para-hydroxylation sites is 4. The van der Waals surface area contributed by atoms with Crippen LogP contribution in [0.5, 0.6) is 0 Å². The molecule has 0 radical (unpaired) electrons. The van der Waals surface area contributed by atoms with Gasteiger partial charge in [0, 0.05) is 33.4 Å². The van der Waals surface area contributed by atoms with Crippen LogP contribution in [0.1, 0.15) is 0 Å². The molecule has 0 saturated heterocycles. The predicted octanol–water partition coefficient (Wildman–Crippen LogP) is 14.4. The van der Waals surface area contributed by atoms with Gasteiger partial charge in [-0.25, -0.2) is 0 Å². The van der Waals surface area contributed by atoms with E-state index in [1.807, 2.05) is 0 Å². The van der Waals surface area contributed by atoms with Crippen LogP contribution in [0.15, 0.2) is 218 Å². The molecule has 0 amide bonds. The number of aromatic nitrogens is 1. The number of nitrogens with zero attached hydrogens (tertiary/aromatic N) is 2. The SMILES string of the molecule is c1ccc(-c2ccc(-c3ccccc3N(c3ccccc3)c3ccc(-c4ccc5c(c4)c4ccccc4n5-c4ccccc4)cc3)c3ccccc23)cc1. The molecule has 54 heavy (non-hydrogen) atoms. The van der Waals surface area contributed by atoms with Gasteiger partial charge in [0.1, 0.15) is 0 Å². The molecule has 0 aliphatic rings. The molecule has 2 nitrogen and oxygen atoms in total. The van der Waals surface area contributed by atoms with Gasteiger partial charge in [0.15, 0.2) is 0 Å². The summed E-state index contributed by atoms with van der Waals surface area (Å²) < 4.78 is 2.37. The normalized spacial score (nSPS) is 11.3. The van der Waals surface area contributed by atoms with Crippen LogP contribution >= 0.6 is 0 Å². The second-order valence-electron chi connectivity index (χ2n) is 13.7. The van der Waals surface area contributed by atoms with Crippen LogP contribution in [0.2, 0.25) is 0 Å². The first-order valence-electron chi connectivity index (χ1n) is 18.5. The zero-order chi connectivity index (χ0) is 35.8. The van der Waals surface area contributed by atoms with Gasteiger partial charge >= 0.3 is 0 Å². The van der Waals surface area contributed by atoms with Gasteiger partial charge in [0.05, 0.1) is 16.7 Å². The highest BCUT2D eigenvalue weighted by molar-refractivity contribution is 6.11. The first kappa shape index (κ1) is 31.6. The van der Waals surface area contributed by atoms with Crippen molar-refractivity contribution >= 4 is 49.6 Å². The summed E-state index contributed by atoms with van der Waals surface area (Å²) >= 11 is 0. The summed E-state index contributed by atoms with van der Waals surface area (Å²) in [5, 5.41) is 4.99. The van der Waals surface area contributed by atoms with Crippen molar-refractivity contribution in [1.82, 2.24) is 4.57 Å². The van der Waals surface area contributed by atoms with E-state index >= 15 is 0 Å². The maximum Gasteiger partial charge on any atom is 0.0541 e. The Kier molecular flexibility index (Phi) is 7.85. The third-order valence-electron chi connectivity index (χ3n) is 10.6. The van der Waals surface area contributed by atoms with Gasteiger partial charge in [0.2, 0.25) is 0 Å². The fourth-order valence-electron chi connectivity index (χ4n) is 8.11. The summed E-state index contributed by atoms with van der Waals surface area (Å²) in [6.45, 7) is 0. The minimum Gasteiger partial charge on any atom is -0.310 e. The van der Waals surface area contributed by atoms with Crippen molar-refractivity contribution in [1.29, 1.82) is 0 Å². The Morgan fingerprint density at radius 1 is 0.296 bits per heavy atom. The molecule has 0 spiro atoms. The molecule has 10 aromatic rings. The third-order valence-corrected chi connectivity index (χ3v) is 10.6. The van der Waals surface area contributed by atoms with Gasteiger partial charge in [-0.1, -0.05) is 158 Å². The Morgan fingerprint density at radius 2 is 0.833 bits per heavy atom. The first-order valence-corrected chi connectivity index (χ1v) is 18.5. The number of hydrogen-bond donors (Lipinski definition) is 0. The Hall–Kier alpha value is -7.16. The molecule has 0 atom stereocenters. The fraction of sp³-hybridized carbons (Fsp3) is 0. The standard InChI is InChI=1S/C52H36N2/c1-4-16-38(17-5-1)43-33-34-46(45-23-11-10-22-44(43)45)47-24-12-14-26-50(47)53(40-18-6-2-7-19-40)42-31-28-37(29-32-42)39-30-35-52-49(36-39)48-25-13-15-27-51(48)54(52)41-20-8-3-9-21-41/h1-36H. The van der Waals surface area contributed by atoms with E-state index in [2.05, 4.69) is 228 Å².